The quantitative estimate of drug-likeness (QED) is 0.791. The molecule has 1 aliphatic heterocycles. The van der Waals surface area contributed by atoms with Crippen LogP contribution in [-0.4, -0.2) is 55.4 Å². The van der Waals surface area contributed by atoms with Crippen molar-refractivity contribution in [3.63, 3.8) is 0 Å². The van der Waals surface area contributed by atoms with Crippen molar-refractivity contribution in [2.24, 2.45) is 0 Å². The van der Waals surface area contributed by atoms with Crippen LogP contribution in [0.25, 0.3) is 11.5 Å². The zero-order valence-corrected chi connectivity index (χ0v) is 14.7. The maximum absolute atomic E-state index is 12.4. The SMILES string of the molecule is COc1ccc(-c2nnc(S(=O)(=O)CC(=O)N3CCCCC3)o2)cc1. The molecule has 0 N–H and O–H groups in total. The van der Waals surface area contributed by atoms with Crippen molar-refractivity contribution in [1.29, 1.82) is 0 Å². The fourth-order valence-electron chi connectivity index (χ4n) is 2.64. The molecule has 25 heavy (non-hydrogen) atoms. The second kappa shape index (κ2) is 7.22. The Hall–Kier alpha value is -2.42. The molecule has 8 nitrogen and oxygen atoms in total. The zero-order chi connectivity index (χ0) is 17.9. The van der Waals surface area contributed by atoms with E-state index >= 15 is 0 Å². The fraction of sp³-hybridized carbons (Fsp3) is 0.438. The summed E-state index contributed by atoms with van der Waals surface area (Å²) in [5.74, 6) is -0.351. The minimum absolute atomic E-state index is 0.0756. The summed E-state index contributed by atoms with van der Waals surface area (Å²) in [7, 11) is -2.42. The number of likely N-dealkylation sites (tertiary alicyclic amines) is 1. The van der Waals surface area contributed by atoms with Gasteiger partial charge in [-0.25, -0.2) is 8.42 Å². The molecule has 0 aliphatic carbocycles. The van der Waals surface area contributed by atoms with Crippen LogP contribution in [0.15, 0.2) is 33.9 Å². The highest BCUT2D eigenvalue weighted by Crippen LogP contribution is 2.23. The summed E-state index contributed by atoms with van der Waals surface area (Å²) >= 11 is 0. The summed E-state index contributed by atoms with van der Waals surface area (Å²) in [6.45, 7) is 1.19. The Morgan fingerprint density at radius 1 is 1.16 bits per heavy atom. The Labute approximate surface area is 145 Å². The van der Waals surface area contributed by atoms with Crippen molar-refractivity contribution in [1.82, 2.24) is 15.1 Å². The van der Waals surface area contributed by atoms with E-state index in [-0.39, 0.29) is 5.89 Å². The van der Waals surface area contributed by atoms with Crippen LogP contribution in [-0.2, 0) is 14.6 Å². The number of aromatic nitrogens is 2. The van der Waals surface area contributed by atoms with E-state index in [0.29, 0.717) is 24.4 Å². The number of benzene rings is 1. The van der Waals surface area contributed by atoms with Crippen LogP contribution in [0, 0.1) is 0 Å². The van der Waals surface area contributed by atoms with Crippen molar-refractivity contribution >= 4 is 15.7 Å². The van der Waals surface area contributed by atoms with Crippen molar-refractivity contribution < 1.29 is 22.4 Å². The van der Waals surface area contributed by atoms with Crippen LogP contribution >= 0.6 is 0 Å². The Morgan fingerprint density at radius 3 is 2.48 bits per heavy atom. The van der Waals surface area contributed by atoms with Crippen LogP contribution in [0.2, 0.25) is 0 Å². The van der Waals surface area contributed by atoms with Gasteiger partial charge in [0, 0.05) is 18.7 Å². The highest BCUT2D eigenvalue weighted by molar-refractivity contribution is 7.91. The smallest absolute Gasteiger partial charge is 0.336 e. The Bertz CT molecular complexity index is 839. The molecule has 1 fully saturated rings. The highest BCUT2D eigenvalue weighted by atomic mass is 32.2. The van der Waals surface area contributed by atoms with Crippen molar-refractivity contribution in [2.45, 2.75) is 24.5 Å². The lowest BCUT2D eigenvalue weighted by Crippen LogP contribution is -2.39. The number of rotatable bonds is 5. The molecule has 0 saturated carbocycles. The monoisotopic (exact) mass is 365 g/mol. The fourth-order valence-corrected chi connectivity index (χ4v) is 3.65. The lowest BCUT2D eigenvalue weighted by atomic mass is 10.1. The second-order valence-electron chi connectivity index (χ2n) is 5.80. The van der Waals surface area contributed by atoms with Gasteiger partial charge >= 0.3 is 5.22 Å². The van der Waals surface area contributed by atoms with Gasteiger partial charge in [0.15, 0.2) is 0 Å². The molecule has 0 unspecified atom stereocenters. The predicted molar refractivity (Wildman–Crippen MR) is 88.8 cm³/mol. The van der Waals surface area contributed by atoms with Gasteiger partial charge in [-0.15, -0.1) is 5.10 Å². The summed E-state index contributed by atoms with van der Waals surface area (Å²) in [4.78, 5) is 13.7. The standard InChI is InChI=1S/C16H19N3O5S/c1-23-13-7-5-12(6-8-13)15-17-18-16(24-15)25(21,22)11-14(20)19-9-3-2-4-10-19/h5-8H,2-4,9-11H2,1H3. The summed E-state index contributed by atoms with van der Waals surface area (Å²) in [5.41, 5.74) is 0.567. The molecule has 3 rings (SSSR count). The third-order valence-corrected chi connectivity index (χ3v) is 5.36. The number of carbonyl (C=O) groups is 1. The Kier molecular flexibility index (Phi) is 5.03. The van der Waals surface area contributed by atoms with E-state index in [0.717, 1.165) is 19.3 Å². The van der Waals surface area contributed by atoms with E-state index in [1.54, 1.807) is 36.3 Å². The van der Waals surface area contributed by atoms with Gasteiger partial charge in [-0.3, -0.25) is 4.79 Å². The first kappa shape index (κ1) is 17.4. The number of piperidine rings is 1. The van der Waals surface area contributed by atoms with Crippen molar-refractivity contribution in [3.8, 4) is 17.2 Å². The number of hydrogen-bond acceptors (Lipinski definition) is 7. The van der Waals surface area contributed by atoms with Gasteiger partial charge in [-0.1, -0.05) is 5.10 Å². The van der Waals surface area contributed by atoms with E-state index in [1.807, 2.05) is 0 Å². The highest BCUT2D eigenvalue weighted by Gasteiger charge is 2.29. The minimum Gasteiger partial charge on any atom is -0.497 e. The van der Waals surface area contributed by atoms with Crippen LogP contribution in [0.4, 0.5) is 0 Å². The first-order valence-corrected chi connectivity index (χ1v) is 9.63. The Morgan fingerprint density at radius 2 is 1.84 bits per heavy atom. The van der Waals surface area contributed by atoms with Gasteiger partial charge < -0.3 is 14.1 Å². The molecule has 1 aromatic heterocycles. The van der Waals surface area contributed by atoms with E-state index < -0.39 is 26.7 Å². The molecule has 2 aromatic rings. The van der Waals surface area contributed by atoms with Crippen LogP contribution in [0.5, 0.6) is 5.75 Å². The lowest BCUT2D eigenvalue weighted by molar-refractivity contribution is -0.129. The first-order valence-electron chi connectivity index (χ1n) is 7.98. The lowest BCUT2D eigenvalue weighted by Gasteiger charge is -2.26. The number of methoxy groups -OCH3 is 1. The molecule has 1 aromatic carbocycles. The summed E-state index contributed by atoms with van der Waals surface area (Å²) < 4.78 is 35.1. The number of hydrogen-bond donors (Lipinski definition) is 0. The van der Waals surface area contributed by atoms with E-state index in [2.05, 4.69) is 10.2 Å². The van der Waals surface area contributed by atoms with E-state index in [9.17, 15) is 13.2 Å². The molecular weight excluding hydrogens is 346 g/mol. The largest absolute Gasteiger partial charge is 0.497 e. The molecular formula is C16H19N3O5S. The van der Waals surface area contributed by atoms with E-state index in [4.69, 9.17) is 9.15 Å². The van der Waals surface area contributed by atoms with Gasteiger partial charge in [-0.2, -0.15) is 0 Å². The molecule has 0 spiro atoms. The van der Waals surface area contributed by atoms with Crippen LogP contribution in [0.1, 0.15) is 19.3 Å². The number of ether oxygens (including phenoxy) is 1. The van der Waals surface area contributed by atoms with Gasteiger partial charge in [0.05, 0.1) is 7.11 Å². The molecule has 1 amide bonds. The summed E-state index contributed by atoms with van der Waals surface area (Å²) in [6.07, 6.45) is 2.85. The van der Waals surface area contributed by atoms with Crippen molar-refractivity contribution in [3.05, 3.63) is 24.3 Å². The van der Waals surface area contributed by atoms with Crippen LogP contribution in [0.3, 0.4) is 0 Å². The molecule has 0 radical (unpaired) electrons. The van der Waals surface area contributed by atoms with Crippen molar-refractivity contribution in [2.75, 3.05) is 26.0 Å². The van der Waals surface area contributed by atoms with Gasteiger partial charge in [0.1, 0.15) is 11.5 Å². The van der Waals surface area contributed by atoms with Crippen LogP contribution < -0.4 is 4.74 Å². The van der Waals surface area contributed by atoms with E-state index in [1.165, 1.54) is 0 Å². The number of nitrogens with zero attached hydrogens (tertiary/aromatic N) is 3. The average molecular weight is 365 g/mol. The topological polar surface area (TPSA) is 103 Å². The number of amides is 1. The molecule has 2 heterocycles. The third-order valence-electron chi connectivity index (χ3n) is 4.03. The maximum atomic E-state index is 12.4. The molecule has 1 aliphatic rings. The normalized spacial score (nSPS) is 15.2. The number of sulfone groups is 1. The zero-order valence-electron chi connectivity index (χ0n) is 13.8. The number of carbonyl (C=O) groups excluding carboxylic acids is 1. The van der Waals surface area contributed by atoms with Gasteiger partial charge in [0.25, 0.3) is 0 Å². The molecule has 1 saturated heterocycles. The molecule has 9 heteroatoms. The maximum Gasteiger partial charge on any atom is 0.336 e. The minimum atomic E-state index is -3.97. The third kappa shape index (κ3) is 3.98. The van der Waals surface area contributed by atoms with Gasteiger partial charge in [-0.05, 0) is 43.5 Å². The summed E-state index contributed by atoms with van der Waals surface area (Å²) in [5, 5.41) is 6.83. The second-order valence-corrected chi connectivity index (χ2v) is 7.67. The molecule has 0 atom stereocenters. The Balaban J connectivity index is 1.74. The summed E-state index contributed by atoms with van der Waals surface area (Å²) in [6, 6.07) is 6.77. The molecule has 134 valence electrons. The molecule has 0 bridgehead atoms. The first-order chi connectivity index (χ1) is 12.0. The van der Waals surface area contributed by atoms with Gasteiger partial charge in [0.2, 0.25) is 21.6 Å². The average Bonchev–Trinajstić information content (AvgIpc) is 3.13. The predicted octanol–water partition coefficient (Wildman–Crippen LogP) is 1.53.